The molecule has 5 heteroatoms. The summed E-state index contributed by atoms with van der Waals surface area (Å²) in [5, 5.41) is 8.98. The quantitative estimate of drug-likeness (QED) is 0.843. The van der Waals surface area contributed by atoms with Gasteiger partial charge in [-0.1, -0.05) is 0 Å². The second-order valence-electron chi connectivity index (χ2n) is 6.21. The van der Waals surface area contributed by atoms with Gasteiger partial charge in [-0.15, -0.1) is 0 Å². The van der Waals surface area contributed by atoms with E-state index in [1.54, 1.807) is 0 Å². The molecule has 3 aliphatic rings. The Morgan fingerprint density at radius 3 is 2.16 bits per heavy atom. The molecule has 5 nitrogen and oxygen atoms in total. The highest BCUT2D eigenvalue weighted by Crippen LogP contribution is 2.35. The van der Waals surface area contributed by atoms with Crippen molar-refractivity contribution in [2.75, 3.05) is 19.6 Å². The van der Waals surface area contributed by atoms with Crippen molar-refractivity contribution < 1.29 is 14.7 Å². The number of carboxylic acids is 1. The summed E-state index contributed by atoms with van der Waals surface area (Å²) in [6.45, 7) is 2.12. The molecular weight excluding hydrogens is 244 g/mol. The number of rotatable bonds is 4. The summed E-state index contributed by atoms with van der Waals surface area (Å²) in [7, 11) is 0. The van der Waals surface area contributed by atoms with Crippen LogP contribution < -0.4 is 0 Å². The Morgan fingerprint density at radius 1 is 1.05 bits per heavy atom. The number of hydrogen-bond acceptors (Lipinski definition) is 2. The van der Waals surface area contributed by atoms with E-state index in [0.717, 1.165) is 25.3 Å². The third kappa shape index (κ3) is 3.01. The molecule has 0 aromatic heterocycles. The van der Waals surface area contributed by atoms with E-state index in [1.807, 2.05) is 4.90 Å². The molecule has 3 fully saturated rings. The van der Waals surface area contributed by atoms with Crippen LogP contribution in [-0.4, -0.2) is 52.6 Å². The van der Waals surface area contributed by atoms with E-state index in [-0.39, 0.29) is 11.9 Å². The first kappa shape index (κ1) is 12.8. The predicted molar refractivity (Wildman–Crippen MR) is 69.8 cm³/mol. The van der Waals surface area contributed by atoms with Crippen molar-refractivity contribution in [1.82, 2.24) is 9.80 Å². The number of carbonyl (C=O) groups is 2. The van der Waals surface area contributed by atoms with Crippen molar-refractivity contribution in [2.24, 2.45) is 11.8 Å². The van der Waals surface area contributed by atoms with Crippen LogP contribution in [0, 0.1) is 11.8 Å². The summed E-state index contributed by atoms with van der Waals surface area (Å²) in [4.78, 5) is 27.4. The lowest BCUT2D eigenvalue weighted by Gasteiger charge is -2.35. The normalized spacial score (nSPS) is 24.3. The smallest absolute Gasteiger partial charge is 0.320 e. The second-order valence-corrected chi connectivity index (χ2v) is 6.21. The standard InChI is InChI=1S/C14H22N2O3/c17-13(18)11-5-7-15(8-6-11)14(19)16(12-3-4-12)9-10-1-2-10/h10-12H,1-9H2,(H,17,18). The van der Waals surface area contributed by atoms with Gasteiger partial charge in [0.05, 0.1) is 5.92 Å². The van der Waals surface area contributed by atoms with Crippen LogP contribution in [0.1, 0.15) is 38.5 Å². The van der Waals surface area contributed by atoms with Gasteiger partial charge in [-0.2, -0.15) is 0 Å². The topological polar surface area (TPSA) is 60.9 Å². The highest BCUT2D eigenvalue weighted by molar-refractivity contribution is 5.76. The Bertz CT molecular complexity index is 369. The highest BCUT2D eigenvalue weighted by Gasteiger charge is 2.39. The summed E-state index contributed by atoms with van der Waals surface area (Å²) < 4.78 is 0. The number of piperidine rings is 1. The first-order valence-corrected chi connectivity index (χ1v) is 7.43. The van der Waals surface area contributed by atoms with Crippen LogP contribution in [0.2, 0.25) is 0 Å². The molecule has 0 aromatic carbocycles. The van der Waals surface area contributed by atoms with E-state index in [4.69, 9.17) is 5.11 Å². The Morgan fingerprint density at radius 2 is 1.68 bits per heavy atom. The molecule has 0 spiro atoms. The third-order valence-electron chi connectivity index (χ3n) is 4.50. The average molecular weight is 266 g/mol. The zero-order chi connectivity index (χ0) is 13.4. The van der Waals surface area contributed by atoms with Crippen molar-refractivity contribution in [3.05, 3.63) is 0 Å². The maximum atomic E-state index is 12.5. The van der Waals surface area contributed by atoms with Gasteiger partial charge >= 0.3 is 12.0 Å². The minimum Gasteiger partial charge on any atom is -0.481 e. The Labute approximate surface area is 113 Å². The lowest BCUT2D eigenvalue weighted by atomic mass is 9.97. The monoisotopic (exact) mass is 266 g/mol. The number of amides is 2. The summed E-state index contributed by atoms with van der Waals surface area (Å²) in [6, 6.07) is 0.614. The fourth-order valence-electron chi connectivity index (χ4n) is 2.85. The molecule has 3 rings (SSSR count). The SMILES string of the molecule is O=C(O)C1CCN(C(=O)N(CC2CC2)C2CC2)CC1. The third-order valence-corrected chi connectivity index (χ3v) is 4.50. The van der Waals surface area contributed by atoms with Crippen LogP contribution in [0.4, 0.5) is 4.79 Å². The largest absolute Gasteiger partial charge is 0.481 e. The number of carboxylic acid groups (broad SMARTS) is 1. The number of nitrogens with zero attached hydrogens (tertiary/aromatic N) is 2. The summed E-state index contributed by atoms with van der Waals surface area (Å²) >= 11 is 0. The van der Waals surface area contributed by atoms with Gasteiger partial charge in [0.25, 0.3) is 0 Å². The summed E-state index contributed by atoms with van der Waals surface area (Å²) in [5.41, 5.74) is 0. The van der Waals surface area contributed by atoms with Crippen LogP contribution in [0.15, 0.2) is 0 Å². The van der Waals surface area contributed by atoms with E-state index < -0.39 is 5.97 Å². The van der Waals surface area contributed by atoms with E-state index in [9.17, 15) is 9.59 Å². The minimum absolute atomic E-state index is 0.151. The zero-order valence-electron chi connectivity index (χ0n) is 11.3. The molecule has 1 aliphatic heterocycles. The van der Waals surface area contributed by atoms with Crippen molar-refractivity contribution in [1.29, 1.82) is 0 Å². The predicted octanol–water partition coefficient (Wildman–Crippen LogP) is 1.78. The lowest BCUT2D eigenvalue weighted by molar-refractivity contribution is -0.143. The Kier molecular flexibility index (Phi) is 3.37. The molecule has 0 aromatic rings. The molecule has 2 amide bonds. The van der Waals surface area contributed by atoms with Crippen molar-refractivity contribution >= 4 is 12.0 Å². The Balaban J connectivity index is 1.55. The lowest BCUT2D eigenvalue weighted by Crippen LogP contribution is -2.48. The molecule has 1 N–H and O–H groups in total. The molecule has 0 unspecified atom stereocenters. The van der Waals surface area contributed by atoms with Crippen LogP contribution in [0.25, 0.3) is 0 Å². The van der Waals surface area contributed by atoms with Gasteiger partial charge in [0.2, 0.25) is 0 Å². The molecule has 1 heterocycles. The average Bonchev–Trinajstić information content (AvgIpc) is 3.28. The number of aliphatic carboxylic acids is 1. The first-order valence-electron chi connectivity index (χ1n) is 7.43. The molecule has 106 valence electrons. The molecule has 1 saturated heterocycles. The maximum absolute atomic E-state index is 12.5. The van der Waals surface area contributed by atoms with Crippen LogP contribution >= 0.6 is 0 Å². The molecule has 2 saturated carbocycles. The molecule has 2 aliphatic carbocycles. The van der Waals surface area contributed by atoms with Gasteiger partial charge in [-0.25, -0.2) is 4.79 Å². The van der Waals surface area contributed by atoms with Gasteiger partial charge in [-0.3, -0.25) is 4.79 Å². The van der Waals surface area contributed by atoms with Crippen LogP contribution in [0.5, 0.6) is 0 Å². The fourth-order valence-corrected chi connectivity index (χ4v) is 2.85. The van der Waals surface area contributed by atoms with E-state index in [1.165, 1.54) is 12.8 Å². The molecule has 0 radical (unpaired) electrons. The van der Waals surface area contributed by atoms with Gasteiger partial charge in [0.15, 0.2) is 0 Å². The van der Waals surface area contributed by atoms with E-state index in [0.29, 0.717) is 32.0 Å². The molecular formula is C14H22N2O3. The van der Waals surface area contributed by atoms with Crippen LogP contribution in [-0.2, 0) is 4.79 Å². The van der Waals surface area contributed by atoms with Crippen LogP contribution in [0.3, 0.4) is 0 Å². The van der Waals surface area contributed by atoms with E-state index >= 15 is 0 Å². The maximum Gasteiger partial charge on any atom is 0.320 e. The van der Waals surface area contributed by atoms with Gasteiger partial charge < -0.3 is 14.9 Å². The Hall–Kier alpha value is -1.26. The highest BCUT2D eigenvalue weighted by atomic mass is 16.4. The minimum atomic E-state index is -0.718. The number of likely N-dealkylation sites (tertiary alicyclic amines) is 1. The summed E-state index contributed by atoms with van der Waals surface area (Å²) in [5.74, 6) is -0.257. The number of carbonyl (C=O) groups excluding carboxylic acids is 1. The van der Waals surface area contributed by atoms with Gasteiger partial charge in [0.1, 0.15) is 0 Å². The van der Waals surface area contributed by atoms with Gasteiger partial charge in [0, 0.05) is 25.7 Å². The van der Waals surface area contributed by atoms with Crippen molar-refractivity contribution in [3.8, 4) is 0 Å². The molecule has 0 atom stereocenters. The van der Waals surface area contributed by atoms with Gasteiger partial charge in [-0.05, 0) is 44.4 Å². The van der Waals surface area contributed by atoms with Crippen molar-refractivity contribution in [2.45, 2.75) is 44.6 Å². The second kappa shape index (κ2) is 5.02. The zero-order valence-corrected chi connectivity index (χ0v) is 11.3. The fraction of sp³-hybridized carbons (Fsp3) is 0.857. The molecule has 0 bridgehead atoms. The van der Waals surface area contributed by atoms with E-state index in [2.05, 4.69) is 4.90 Å². The number of urea groups is 1. The van der Waals surface area contributed by atoms with Crippen molar-refractivity contribution in [3.63, 3.8) is 0 Å². The molecule has 19 heavy (non-hydrogen) atoms. The summed E-state index contributed by atoms with van der Waals surface area (Å²) in [6.07, 6.45) is 6.01. The first-order chi connectivity index (χ1) is 9.15. The number of hydrogen-bond donors (Lipinski definition) is 1.